The number of rotatable bonds is 10. The highest BCUT2D eigenvalue weighted by Gasteiger charge is 2.08. The van der Waals surface area contributed by atoms with Crippen molar-refractivity contribution >= 4 is 34.5 Å². The van der Waals surface area contributed by atoms with Crippen molar-refractivity contribution in [1.29, 1.82) is 10.8 Å². The molecule has 1 aromatic rings. The highest BCUT2D eigenvalue weighted by atomic mass is 28.3. The van der Waals surface area contributed by atoms with Crippen molar-refractivity contribution in [1.82, 2.24) is 0 Å². The minimum absolute atomic E-state index is 0.477. The summed E-state index contributed by atoms with van der Waals surface area (Å²) in [6, 6.07) is 9.36. The summed E-state index contributed by atoms with van der Waals surface area (Å²) in [6.07, 6.45) is 3.27. The Morgan fingerprint density at radius 1 is 1.05 bits per heavy atom. The molecule has 0 amide bonds. The van der Waals surface area contributed by atoms with E-state index in [1.54, 1.807) is 0 Å². The van der Waals surface area contributed by atoms with Gasteiger partial charge in [-0.1, -0.05) is 44.1 Å². The molecule has 0 bridgehead atoms. The lowest BCUT2D eigenvalue weighted by Crippen LogP contribution is -2.24. The Bertz CT molecular complexity index is 416. The number of nitrogens with one attached hydrogen (secondary N) is 2. The van der Waals surface area contributed by atoms with E-state index in [4.69, 9.17) is 15.6 Å². The first kappa shape index (κ1) is 16.8. The van der Waals surface area contributed by atoms with E-state index < -0.39 is 17.6 Å². The SMILES string of the molecule is C[Si](C)c1ccccc1OCCCCC[Si](C=N)C=N. The van der Waals surface area contributed by atoms with E-state index in [0.717, 1.165) is 37.7 Å². The van der Waals surface area contributed by atoms with Crippen LogP contribution in [0.15, 0.2) is 24.3 Å². The van der Waals surface area contributed by atoms with Gasteiger partial charge in [-0.3, -0.25) is 0 Å². The van der Waals surface area contributed by atoms with Crippen LogP contribution in [0.25, 0.3) is 0 Å². The fraction of sp³-hybridized carbons (Fsp3) is 0.467. The molecule has 1 aromatic carbocycles. The Morgan fingerprint density at radius 2 is 1.75 bits per heavy atom. The van der Waals surface area contributed by atoms with Crippen LogP contribution in [-0.4, -0.2) is 35.9 Å². The van der Waals surface area contributed by atoms with E-state index in [1.807, 2.05) is 6.07 Å². The molecule has 0 atom stereocenters. The van der Waals surface area contributed by atoms with Crippen molar-refractivity contribution in [3.05, 3.63) is 24.3 Å². The third kappa shape index (κ3) is 5.84. The summed E-state index contributed by atoms with van der Waals surface area (Å²) in [7, 11) is -1.41. The maximum absolute atomic E-state index is 7.20. The lowest BCUT2D eigenvalue weighted by molar-refractivity contribution is 0.308. The largest absolute Gasteiger partial charge is 0.494 e. The molecule has 108 valence electrons. The molecule has 0 saturated carbocycles. The van der Waals surface area contributed by atoms with E-state index >= 15 is 0 Å². The fourth-order valence-electron chi connectivity index (χ4n) is 1.98. The first-order valence-electron chi connectivity index (χ1n) is 7.08. The van der Waals surface area contributed by atoms with Gasteiger partial charge in [-0.25, -0.2) is 0 Å². The second-order valence-corrected chi connectivity index (χ2v) is 9.78. The van der Waals surface area contributed by atoms with Gasteiger partial charge in [0.1, 0.15) is 14.5 Å². The molecule has 0 aliphatic heterocycles. The third-order valence-corrected chi connectivity index (χ3v) is 6.33. The molecule has 5 heteroatoms. The molecule has 0 heterocycles. The zero-order valence-electron chi connectivity index (χ0n) is 12.4. The van der Waals surface area contributed by atoms with Gasteiger partial charge in [0.15, 0.2) is 0 Å². The van der Waals surface area contributed by atoms with Gasteiger partial charge in [0, 0.05) is 0 Å². The molecule has 20 heavy (non-hydrogen) atoms. The van der Waals surface area contributed by atoms with Crippen LogP contribution in [0.1, 0.15) is 19.3 Å². The van der Waals surface area contributed by atoms with Crippen molar-refractivity contribution in [3.8, 4) is 5.75 Å². The van der Waals surface area contributed by atoms with Crippen molar-refractivity contribution in [2.45, 2.75) is 38.4 Å². The van der Waals surface area contributed by atoms with Gasteiger partial charge >= 0.3 is 0 Å². The molecule has 0 saturated heterocycles. The van der Waals surface area contributed by atoms with Crippen molar-refractivity contribution < 1.29 is 4.74 Å². The average molecular weight is 305 g/mol. The Hall–Kier alpha value is -1.21. The van der Waals surface area contributed by atoms with Crippen molar-refractivity contribution in [3.63, 3.8) is 0 Å². The molecule has 2 radical (unpaired) electrons. The van der Waals surface area contributed by atoms with Crippen LogP contribution in [0.5, 0.6) is 5.75 Å². The third-order valence-electron chi connectivity index (χ3n) is 3.16. The van der Waals surface area contributed by atoms with Gasteiger partial charge in [0.05, 0.1) is 15.4 Å². The number of hydrogen-bond donors (Lipinski definition) is 2. The molecule has 0 aromatic heterocycles. The van der Waals surface area contributed by atoms with Gasteiger partial charge in [-0.05, 0) is 35.4 Å². The summed E-state index contributed by atoms with van der Waals surface area (Å²) < 4.78 is 5.90. The molecular weight excluding hydrogens is 280 g/mol. The number of unbranched alkanes of at least 4 members (excludes halogenated alkanes) is 2. The van der Waals surface area contributed by atoms with Gasteiger partial charge in [-0.2, -0.15) is 0 Å². The Balaban J connectivity index is 2.25. The second-order valence-electron chi connectivity index (χ2n) is 5.02. The first-order valence-corrected chi connectivity index (χ1v) is 11.4. The molecule has 0 spiro atoms. The molecule has 1 rings (SSSR count). The van der Waals surface area contributed by atoms with Gasteiger partial charge in [0.25, 0.3) is 0 Å². The number of ether oxygens (including phenoxy) is 1. The normalized spacial score (nSPS) is 10.8. The standard InChI is InChI=1S/C15H24N2OSi2/c1-19(2)15-9-5-4-8-14(15)18-10-6-3-7-11-20(12-16)13-17/h4-5,8-9,12-13,16-17H,3,6-7,10-11H2,1-2H3. The number of hydrogen-bond acceptors (Lipinski definition) is 3. The lowest BCUT2D eigenvalue weighted by atomic mass is 10.2. The van der Waals surface area contributed by atoms with Crippen molar-refractivity contribution in [2.24, 2.45) is 0 Å². The van der Waals surface area contributed by atoms with Crippen LogP contribution < -0.4 is 9.92 Å². The number of benzene rings is 1. The Labute approximate surface area is 125 Å². The maximum atomic E-state index is 7.20. The second kappa shape index (κ2) is 9.66. The van der Waals surface area contributed by atoms with Gasteiger partial charge in [0.2, 0.25) is 0 Å². The molecule has 2 N–H and O–H groups in total. The molecular formula is C15H24N2OSi2. The predicted octanol–water partition coefficient (Wildman–Crippen LogP) is 3.07. The molecule has 0 fully saturated rings. The fourth-order valence-corrected chi connectivity index (χ4v) is 4.09. The van der Waals surface area contributed by atoms with Crippen LogP contribution in [0.3, 0.4) is 0 Å². The minimum atomic E-state index is -0.933. The number of para-hydroxylation sites is 1. The molecule has 0 aliphatic rings. The molecule has 0 unspecified atom stereocenters. The highest BCUT2D eigenvalue weighted by molar-refractivity contribution is 7.03. The average Bonchev–Trinajstić information content (AvgIpc) is 2.47. The van der Waals surface area contributed by atoms with Crippen LogP contribution in [0.4, 0.5) is 0 Å². The topological polar surface area (TPSA) is 56.9 Å². The first-order chi connectivity index (χ1) is 9.69. The van der Waals surface area contributed by atoms with E-state index in [-0.39, 0.29) is 0 Å². The summed E-state index contributed by atoms with van der Waals surface area (Å²) in [5.74, 6) is 3.96. The van der Waals surface area contributed by atoms with Crippen LogP contribution in [0.2, 0.25) is 19.1 Å². The minimum Gasteiger partial charge on any atom is -0.494 e. The Kier molecular flexibility index (Phi) is 8.14. The van der Waals surface area contributed by atoms with E-state index in [1.165, 1.54) is 16.9 Å². The summed E-state index contributed by atoms with van der Waals surface area (Å²) >= 11 is 0. The summed E-state index contributed by atoms with van der Waals surface area (Å²) in [4.78, 5) is 0. The molecule has 3 nitrogen and oxygen atoms in total. The van der Waals surface area contributed by atoms with Gasteiger partial charge in [-0.15, -0.1) is 0 Å². The molecule has 0 aliphatic carbocycles. The van der Waals surface area contributed by atoms with E-state index in [2.05, 4.69) is 31.3 Å². The summed E-state index contributed by atoms with van der Waals surface area (Å²) in [5.41, 5.74) is 0. The van der Waals surface area contributed by atoms with E-state index in [9.17, 15) is 0 Å². The monoisotopic (exact) mass is 304 g/mol. The quantitative estimate of drug-likeness (QED) is 0.389. The predicted molar refractivity (Wildman–Crippen MR) is 91.0 cm³/mol. The summed E-state index contributed by atoms with van der Waals surface area (Å²) in [5, 5.41) is 15.8. The smallest absolute Gasteiger partial charge is 0.148 e. The van der Waals surface area contributed by atoms with Crippen LogP contribution >= 0.6 is 0 Å². The Morgan fingerprint density at radius 3 is 2.40 bits per heavy atom. The zero-order chi connectivity index (χ0) is 14.8. The van der Waals surface area contributed by atoms with E-state index in [0.29, 0.717) is 0 Å². The van der Waals surface area contributed by atoms with Crippen molar-refractivity contribution in [2.75, 3.05) is 6.61 Å². The summed E-state index contributed by atoms with van der Waals surface area (Å²) in [6.45, 7) is 5.33. The van der Waals surface area contributed by atoms with Crippen LogP contribution in [-0.2, 0) is 0 Å². The maximum Gasteiger partial charge on any atom is 0.148 e. The lowest BCUT2D eigenvalue weighted by Gasteiger charge is -2.13. The highest BCUT2D eigenvalue weighted by Crippen LogP contribution is 2.10. The van der Waals surface area contributed by atoms with Gasteiger partial charge < -0.3 is 15.6 Å². The van der Waals surface area contributed by atoms with Crippen LogP contribution in [0, 0.1) is 10.8 Å². The zero-order valence-corrected chi connectivity index (χ0v) is 14.4.